The molecule has 0 saturated carbocycles. The molecule has 5 heteroatoms. The lowest BCUT2D eigenvalue weighted by molar-refractivity contribution is -0.211. The van der Waals surface area contributed by atoms with E-state index in [-0.39, 0.29) is 0 Å². The van der Waals surface area contributed by atoms with E-state index >= 15 is 0 Å². The van der Waals surface area contributed by atoms with Crippen molar-refractivity contribution in [2.24, 2.45) is 0 Å². The number of cyclic esters (lactones) is 2. The average molecular weight is 134 g/mol. The van der Waals surface area contributed by atoms with Crippen LogP contribution in [0.25, 0.3) is 0 Å². The summed E-state index contributed by atoms with van der Waals surface area (Å²) in [7, 11) is 0. The third kappa shape index (κ3) is 0.962. The summed E-state index contributed by atoms with van der Waals surface area (Å²) < 4.78 is 8.13. The van der Waals surface area contributed by atoms with Crippen LogP contribution in [0.2, 0.25) is 0 Å². The quantitative estimate of drug-likeness (QED) is 0.423. The van der Waals surface area contributed by atoms with Crippen LogP contribution >= 0.6 is 0 Å². The Bertz CT molecular complexity index is 140. The van der Waals surface area contributed by atoms with Crippen LogP contribution in [-0.4, -0.2) is 28.4 Å². The lowest BCUT2D eigenvalue weighted by Crippen LogP contribution is -2.35. The van der Waals surface area contributed by atoms with Crippen LogP contribution in [0.4, 0.5) is 4.79 Å². The summed E-state index contributed by atoms with van der Waals surface area (Å²) in [6.45, 7) is 1.13. The van der Waals surface area contributed by atoms with Gasteiger partial charge in [-0.2, -0.15) is 0 Å². The molecule has 9 heavy (non-hydrogen) atoms. The Morgan fingerprint density at radius 3 is 2.44 bits per heavy atom. The van der Waals surface area contributed by atoms with Crippen LogP contribution in [0.15, 0.2) is 0 Å². The van der Waals surface area contributed by atoms with E-state index in [1.807, 2.05) is 0 Å². The largest absolute Gasteiger partial charge is 0.513 e. The summed E-state index contributed by atoms with van der Waals surface area (Å²) >= 11 is 0. The zero-order chi connectivity index (χ0) is 7.07. The van der Waals surface area contributed by atoms with Gasteiger partial charge in [-0.3, -0.25) is 0 Å². The van der Waals surface area contributed by atoms with Crippen molar-refractivity contribution in [3.05, 3.63) is 0 Å². The first-order valence-electron chi connectivity index (χ1n) is 2.32. The van der Waals surface area contributed by atoms with E-state index < -0.39 is 18.2 Å². The van der Waals surface area contributed by atoms with Gasteiger partial charge in [-0.05, 0) is 0 Å². The molecule has 0 aromatic carbocycles. The highest BCUT2D eigenvalue weighted by Gasteiger charge is 2.45. The van der Waals surface area contributed by atoms with Crippen molar-refractivity contribution in [2.75, 3.05) is 0 Å². The van der Waals surface area contributed by atoms with Gasteiger partial charge in [0, 0.05) is 6.92 Å². The van der Waals surface area contributed by atoms with Crippen LogP contribution < -0.4 is 0 Å². The lowest BCUT2D eigenvalue weighted by atomic mass is 10.3. The van der Waals surface area contributed by atoms with E-state index in [2.05, 4.69) is 9.47 Å². The molecule has 1 saturated heterocycles. The molecule has 5 nitrogen and oxygen atoms in total. The van der Waals surface area contributed by atoms with Crippen LogP contribution in [0.1, 0.15) is 6.92 Å². The second-order valence-corrected chi connectivity index (χ2v) is 1.88. The van der Waals surface area contributed by atoms with Crippen molar-refractivity contribution in [1.82, 2.24) is 0 Å². The highest BCUT2D eigenvalue weighted by atomic mass is 16.9. The molecule has 0 aromatic heterocycles. The molecule has 1 rings (SSSR count). The minimum Gasteiger partial charge on any atom is -0.397 e. The Hall–Kier alpha value is -0.810. The van der Waals surface area contributed by atoms with Crippen molar-refractivity contribution >= 4 is 6.16 Å². The molecule has 2 atom stereocenters. The summed E-state index contributed by atoms with van der Waals surface area (Å²) in [4.78, 5) is 10.1. The lowest BCUT2D eigenvalue weighted by Gasteiger charge is -2.13. The van der Waals surface area contributed by atoms with Crippen molar-refractivity contribution in [3.8, 4) is 0 Å². The number of ether oxygens (including phenoxy) is 2. The second-order valence-electron chi connectivity index (χ2n) is 1.88. The first-order chi connectivity index (χ1) is 4.02. The van der Waals surface area contributed by atoms with Gasteiger partial charge in [-0.15, -0.1) is 0 Å². The number of hydrogen-bond acceptors (Lipinski definition) is 5. The summed E-state index contributed by atoms with van der Waals surface area (Å²) in [6, 6.07) is 0. The summed E-state index contributed by atoms with van der Waals surface area (Å²) in [5.41, 5.74) is 0. The molecule has 1 fully saturated rings. The Labute approximate surface area is 50.8 Å². The zero-order valence-electron chi connectivity index (χ0n) is 4.70. The highest BCUT2D eigenvalue weighted by Crippen LogP contribution is 2.21. The average Bonchev–Trinajstić information content (AvgIpc) is 1.79. The van der Waals surface area contributed by atoms with Gasteiger partial charge in [-0.25, -0.2) is 4.79 Å². The molecular formula is C4H6O5. The number of carbonyl (C=O) groups excluding carboxylic acids is 1. The van der Waals surface area contributed by atoms with E-state index in [0.717, 1.165) is 6.92 Å². The Morgan fingerprint density at radius 2 is 2.33 bits per heavy atom. The van der Waals surface area contributed by atoms with Gasteiger partial charge in [0.05, 0.1) is 0 Å². The van der Waals surface area contributed by atoms with Crippen LogP contribution in [-0.2, 0) is 9.47 Å². The molecule has 0 radical (unpaired) electrons. The van der Waals surface area contributed by atoms with E-state index in [4.69, 9.17) is 10.2 Å². The molecule has 1 aliphatic rings. The topological polar surface area (TPSA) is 76.0 Å². The van der Waals surface area contributed by atoms with E-state index in [0.29, 0.717) is 0 Å². The van der Waals surface area contributed by atoms with Crippen molar-refractivity contribution < 1.29 is 24.5 Å². The van der Waals surface area contributed by atoms with Crippen molar-refractivity contribution in [2.45, 2.75) is 19.0 Å². The van der Waals surface area contributed by atoms with Gasteiger partial charge < -0.3 is 19.7 Å². The predicted octanol–water partition coefficient (Wildman–Crippen LogP) is -0.820. The van der Waals surface area contributed by atoms with Crippen LogP contribution in [0, 0.1) is 0 Å². The Balaban J connectivity index is 2.69. The summed E-state index contributed by atoms with van der Waals surface area (Å²) in [5, 5.41) is 17.4. The number of aliphatic hydroxyl groups is 2. The molecule has 2 N–H and O–H groups in total. The zero-order valence-corrected chi connectivity index (χ0v) is 4.70. The molecule has 0 amide bonds. The Morgan fingerprint density at radius 1 is 1.78 bits per heavy atom. The van der Waals surface area contributed by atoms with Crippen LogP contribution in [0.5, 0.6) is 0 Å². The summed E-state index contributed by atoms with van der Waals surface area (Å²) in [5.74, 6) is -1.89. The number of carbonyl (C=O) groups is 1. The van der Waals surface area contributed by atoms with Gasteiger partial charge in [-0.1, -0.05) is 0 Å². The van der Waals surface area contributed by atoms with Gasteiger partial charge in [0.25, 0.3) is 12.1 Å². The maximum atomic E-state index is 10.1. The fraction of sp³-hybridized carbons (Fsp3) is 0.750. The third-order valence-electron chi connectivity index (χ3n) is 0.956. The minimum atomic E-state index is -1.89. The number of rotatable bonds is 0. The minimum absolute atomic E-state index is 1.06. The fourth-order valence-corrected chi connectivity index (χ4v) is 0.444. The molecule has 1 heterocycles. The second kappa shape index (κ2) is 1.58. The molecule has 52 valence electrons. The predicted molar refractivity (Wildman–Crippen MR) is 24.2 cm³/mol. The molecule has 0 aliphatic carbocycles. The number of aliphatic hydroxyl groups excluding tert-OH is 1. The SMILES string of the molecule is CC1(O)OC(=O)OC1O. The van der Waals surface area contributed by atoms with Crippen molar-refractivity contribution in [3.63, 3.8) is 0 Å². The third-order valence-corrected chi connectivity index (χ3v) is 0.956. The van der Waals surface area contributed by atoms with E-state index in [1.165, 1.54) is 0 Å². The van der Waals surface area contributed by atoms with E-state index in [9.17, 15) is 4.79 Å². The first-order valence-corrected chi connectivity index (χ1v) is 2.32. The molecule has 0 bridgehead atoms. The van der Waals surface area contributed by atoms with Crippen molar-refractivity contribution in [1.29, 1.82) is 0 Å². The van der Waals surface area contributed by atoms with Gasteiger partial charge in [0.15, 0.2) is 0 Å². The molecule has 2 unspecified atom stereocenters. The molecular weight excluding hydrogens is 128 g/mol. The maximum Gasteiger partial charge on any atom is 0.513 e. The standard InChI is InChI=1S/C4H6O5/c1-4(7)2(5)8-3(6)9-4/h2,5,7H,1H3. The Kier molecular flexibility index (Phi) is 1.11. The molecule has 0 aromatic rings. The first kappa shape index (κ1) is 6.31. The smallest absolute Gasteiger partial charge is 0.397 e. The highest BCUT2D eigenvalue weighted by molar-refractivity contribution is 5.62. The number of hydrogen-bond donors (Lipinski definition) is 2. The van der Waals surface area contributed by atoms with Gasteiger partial charge in [0.1, 0.15) is 0 Å². The normalized spacial score (nSPS) is 42.1. The van der Waals surface area contributed by atoms with E-state index in [1.54, 1.807) is 0 Å². The summed E-state index contributed by atoms with van der Waals surface area (Å²) in [6.07, 6.45) is -2.64. The monoisotopic (exact) mass is 134 g/mol. The molecule has 1 aliphatic heterocycles. The fourth-order valence-electron chi connectivity index (χ4n) is 0.444. The van der Waals surface area contributed by atoms with Gasteiger partial charge >= 0.3 is 6.16 Å². The van der Waals surface area contributed by atoms with Crippen LogP contribution in [0.3, 0.4) is 0 Å². The molecule has 0 spiro atoms. The van der Waals surface area contributed by atoms with Gasteiger partial charge in [0.2, 0.25) is 0 Å². The maximum absolute atomic E-state index is 10.1.